The van der Waals surface area contributed by atoms with Gasteiger partial charge in [-0.15, -0.1) is 11.3 Å². The van der Waals surface area contributed by atoms with Crippen molar-refractivity contribution in [2.24, 2.45) is 5.92 Å². The quantitative estimate of drug-likeness (QED) is 0.577. The molecule has 0 unspecified atom stereocenters. The van der Waals surface area contributed by atoms with E-state index in [4.69, 9.17) is 0 Å². The van der Waals surface area contributed by atoms with Gasteiger partial charge >= 0.3 is 0 Å². The smallest absolute Gasteiger partial charge is 0.244 e. The van der Waals surface area contributed by atoms with Crippen LogP contribution in [0.3, 0.4) is 0 Å². The number of amides is 1. The van der Waals surface area contributed by atoms with Gasteiger partial charge in [-0.05, 0) is 30.7 Å². The lowest BCUT2D eigenvalue weighted by Crippen LogP contribution is -2.39. The Kier molecular flexibility index (Phi) is 6.66. The molecule has 0 aliphatic carbocycles. The first kappa shape index (κ1) is 21.4. The Morgan fingerprint density at radius 1 is 1.17 bits per heavy atom. The van der Waals surface area contributed by atoms with Crippen LogP contribution in [0.15, 0.2) is 52.7 Å². The van der Waals surface area contributed by atoms with Gasteiger partial charge in [-0.2, -0.15) is 4.31 Å². The van der Waals surface area contributed by atoms with E-state index in [1.807, 2.05) is 50.4 Å². The molecule has 1 aromatic heterocycles. The molecule has 0 bridgehead atoms. The van der Waals surface area contributed by atoms with Crippen molar-refractivity contribution in [2.75, 3.05) is 18.4 Å². The molecule has 154 valence electrons. The lowest BCUT2D eigenvalue weighted by atomic mass is 10.1. The molecule has 0 fully saturated rings. The van der Waals surface area contributed by atoms with Crippen molar-refractivity contribution in [3.8, 4) is 0 Å². The highest BCUT2D eigenvalue weighted by Gasteiger charge is 2.28. The van der Waals surface area contributed by atoms with Crippen molar-refractivity contribution < 1.29 is 13.2 Å². The number of carbonyl (C=O) groups excluding carboxylic acids is 1. The first-order valence-electron chi connectivity index (χ1n) is 9.47. The van der Waals surface area contributed by atoms with Gasteiger partial charge in [-0.1, -0.05) is 50.2 Å². The second-order valence-electron chi connectivity index (χ2n) is 7.34. The van der Waals surface area contributed by atoms with Crippen LogP contribution in [0, 0.1) is 12.8 Å². The van der Waals surface area contributed by atoms with E-state index in [0.717, 1.165) is 11.1 Å². The zero-order valence-electron chi connectivity index (χ0n) is 16.8. The number of hydrogen-bond acceptors (Lipinski definition) is 5. The summed E-state index contributed by atoms with van der Waals surface area (Å²) >= 11 is 1.32. The van der Waals surface area contributed by atoms with Crippen LogP contribution >= 0.6 is 11.3 Å². The predicted molar refractivity (Wildman–Crippen MR) is 118 cm³/mol. The van der Waals surface area contributed by atoms with Crippen molar-refractivity contribution >= 4 is 43.2 Å². The fraction of sp³-hybridized carbons (Fsp3) is 0.333. The fourth-order valence-electron chi connectivity index (χ4n) is 2.98. The Labute approximate surface area is 175 Å². The van der Waals surface area contributed by atoms with Crippen LogP contribution < -0.4 is 5.32 Å². The molecule has 0 aliphatic rings. The van der Waals surface area contributed by atoms with Gasteiger partial charge in [-0.25, -0.2) is 13.4 Å². The standard InChI is InChI=1S/C21H25N3O3S2/c1-15(2)11-12-24(13-20(25)23-21-22-16(3)14-28-21)29(26,27)19-10-6-8-17-7-4-5-9-18(17)19/h4-10,14-15H,11-13H2,1-3H3,(H,22,23,25). The van der Waals surface area contributed by atoms with E-state index in [9.17, 15) is 13.2 Å². The summed E-state index contributed by atoms with van der Waals surface area (Å²) < 4.78 is 28.2. The molecule has 8 heteroatoms. The minimum Gasteiger partial charge on any atom is -0.301 e. The summed E-state index contributed by atoms with van der Waals surface area (Å²) in [5.41, 5.74) is 0.811. The molecule has 3 aromatic rings. The number of benzene rings is 2. The van der Waals surface area contributed by atoms with Gasteiger partial charge in [0.15, 0.2) is 5.13 Å². The molecule has 0 saturated carbocycles. The second-order valence-corrected chi connectivity index (χ2v) is 10.1. The monoisotopic (exact) mass is 431 g/mol. The lowest BCUT2D eigenvalue weighted by Gasteiger charge is -2.23. The second kappa shape index (κ2) is 9.02. The minimum absolute atomic E-state index is 0.220. The number of fused-ring (bicyclic) bond motifs is 1. The Hall–Kier alpha value is -2.29. The third-order valence-electron chi connectivity index (χ3n) is 4.51. The highest BCUT2D eigenvalue weighted by Crippen LogP contribution is 2.26. The maximum atomic E-state index is 13.5. The van der Waals surface area contributed by atoms with E-state index in [1.54, 1.807) is 18.2 Å². The number of thiazole rings is 1. The zero-order valence-corrected chi connectivity index (χ0v) is 18.4. The molecule has 0 aliphatic heterocycles. The average Bonchev–Trinajstić information content (AvgIpc) is 3.08. The maximum absolute atomic E-state index is 13.5. The number of rotatable bonds is 8. The largest absolute Gasteiger partial charge is 0.301 e. The predicted octanol–water partition coefficient (Wildman–Crippen LogP) is 4.28. The summed E-state index contributed by atoms with van der Waals surface area (Å²) in [7, 11) is -3.85. The van der Waals surface area contributed by atoms with Crippen molar-refractivity contribution in [3.05, 3.63) is 53.5 Å². The van der Waals surface area contributed by atoms with Crippen LogP contribution in [0.5, 0.6) is 0 Å². The number of hydrogen-bond donors (Lipinski definition) is 1. The van der Waals surface area contributed by atoms with Gasteiger partial charge in [0.2, 0.25) is 15.9 Å². The van der Waals surface area contributed by atoms with Crippen molar-refractivity contribution in [1.29, 1.82) is 0 Å². The first-order chi connectivity index (χ1) is 13.8. The number of sulfonamides is 1. The number of nitrogens with one attached hydrogen (secondary N) is 1. The molecule has 6 nitrogen and oxygen atoms in total. The topological polar surface area (TPSA) is 79.4 Å². The normalized spacial score (nSPS) is 12.0. The van der Waals surface area contributed by atoms with Crippen LogP contribution in [-0.2, 0) is 14.8 Å². The van der Waals surface area contributed by atoms with Crippen molar-refractivity contribution in [2.45, 2.75) is 32.1 Å². The van der Waals surface area contributed by atoms with Crippen LogP contribution in [0.2, 0.25) is 0 Å². The van der Waals surface area contributed by atoms with Gasteiger partial charge in [0.25, 0.3) is 0 Å². The Morgan fingerprint density at radius 3 is 2.59 bits per heavy atom. The molecule has 1 amide bonds. The lowest BCUT2D eigenvalue weighted by molar-refractivity contribution is -0.116. The Bertz CT molecular complexity index is 1100. The van der Waals surface area contributed by atoms with Crippen LogP contribution in [0.1, 0.15) is 26.0 Å². The third-order valence-corrected chi connectivity index (χ3v) is 7.29. The first-order valence-corrected chi connectivity index (χ1v) is 11.8. The van der Waals surface area contributed by atoms with Gasteiger partial charge in [-0.3, -0.25) is 4.79 Å². The number of aromatic nitrogens is 1. The molecular formula is C21H25N3O3S2. The molecule has 29 heavy (non-hydrogen) atoms. The highest BCUT2D eigenvalue weighted by atomic mass is 32.2. The molecule has 0 atom stereocenters. The van der Waals surface area contributed by atoms with E-state index >= 15 is 0 Å². The van der Waals surface area contributed by atoms with E-state index < -0.39 is 15.9 Å². The maximum Gasteiger partial charge on any atom is 0.244 e. The summed E-state index contributed by atoms with van der Waals surface area (Å²) in [6.07, 6.45) is 0.660. The van der Waals surface area contributed by atoms with Crippen LogP contribution in [-0.4, -0.2) is 36.7 Å². The molecule has 1 heterocycles. The van der Waals surface area contributed by atoms with Gasteiger partial charge in [0.1, 0.15) is 0 Å². The van der Waals surface area contributed by atoms with Crippen LogP contribution in [0.4, 0.5) is 5.13 Å². The zero-order chi connectivity index (χ0) is 21.0. The number of nitrogens with zero attached hydrogens (tertiary/aromatic N) is 2. The third kappa shape index (κ3) is 5.20. The van der Waals surface area contributed by atoms with E-state index in [1.165, 1.54) is 15.6 Å². The SMILES string of the molecule is Cc1csc(NC(=O)CN(CCC(C)C)S(=O)(=O)c2cccc3ccccc23)n1. The highest BCUT2D eigenvalue weighted by molar-refractivity contribution is 7.89. The van der Waals surface area contributed by atoms with Gasteiger partial charge < -0.3 is 5.32 Å². The Balaban J connectivity index is 1.90. The molecule has 2 aromatic carbocycles. The summed E-state index contributed by atoms with van der Waals surface area (Å²) in [4.78, 5) is 17.0. The molecule has 0 spiro atoms. The minimum atomic E-state index is -3.85. The van der Waals surface area contributed by atoms with E-state index in [0.29, 0.717) is 22.9 Å². The van der Waals surface area contributed by atoms with Crippen LogP contribution in [0.25, 0.3) is 10.8 Å². The number of carbonyl (C=O) groups is 1. The molecule has 0 radical (unpaired) electrons. The van der Waals surface area contributed by atoms with Gasteiger partial charge in [0, 0.05) is 17.3 Å². The van der Waals surface area contributed by atoms with E-state index in [2.05, 4.69) is 10.3 Å². The summed E-state index contributed by atoms with van der Waals surface area (Å²) in [6, 6.07) is 12.6. The summed E-state index contributed by atoms with van der Waals surface area (Å²) in [6.45, 7) is 5.92. The van der Waals surface area contributed by atoms with Crippen molar-refractivity contribution in [3.63, 3.8) is 0 Å². The average molecular weight is 432 g/mol. The molecular weight excluding hydrogens is 406 g/mol. The fourth-order valence-corrected chi connectivity index (χ4v) is 5.31. The molecule has 3 rings (SSSR count). The van der Waals surface area contributed by atoms with E-state index in [-0.39, 0.29) is 18.0 Å². The molecule has 1 N–H and O–H groups in total. The van der Waals surface area contributed by atoms with Gasteiger partial charge in [0.05, 0.1) is 17.1 Å². The number of aryl methyl sites for hydroxylation is 1. The molecule has 0 saturated heterocycles. The summed E-state index contributed by atoms with van der Waals surface area (Å²) in [5, 5.41) is 6.51. The Morgan fingerprint density at radius 2 is 1.90 bits per heavy atom. The summed E-state index contributed by atoms with van der Waals surface area (Å²) in [5.74, 6) is -0.0863. The number of anilines is 1. The van der Waals surface area contributed by atoms with Crippen molar-refractivity contribution in [1.82, 2.24) is 9.29 Å².